The second kappa shape index (κ2) is 4.95. The Morgan fingerprint density at radius 1 is 1.17 bits per heavy atom. The number of aromatic amines is 1. The number of hydrogen-bond donors (Lipinski definition) is 1. The number of hydrogen-bond acceptors (Lipinski definition) is 4. The Labute approximate surface area is 131 Å². The number of methoxy groups -OCH3 is 1. The Morgan fingerprint density at radius 3 is 2.83 bits per heavy atom. The Hall–Kier alpha value is -3.15. The summed E-state index contributed by atoms with van der Waals surface area (Å²) in [6, 6.07) is 13.3. The summed E-state index contributed by atoms with van der Waals surface area (Å²) in [6.45, 7) is 1.95. The lowest BCUT2D eigenvalue weighted by atomic mass is 10.1. The van der Waals surface area contributed by atoms with E-state index in [0.717, 1.165) is 27.8 Å². The second-order valence-electron chi connectivity index (χ2n) is 5.33. The number of benzene rings is 2. The van der Waals surface area contributed by atoms with Crippen LogP contribution in [-0.2, 0) is 0 Å². The van der Waals surface area contributed by atoms with Crippen molar-refractivity contribution in [3.63, 3.8) is 0 Å². The quantitative estimate of drug-likeness (QED) is 0.618. The number of nitrogens with zero attached hydrogens (tertiary/aromatic N) is 3. The first kappa shape index (κ1) is 13.5. The Kier molecular flexibility index (Phi) is 2.90. The molecule has 114 valence electrons. The largest absolute Gasteiger partial charge is 0.497 e. The highest BCUT2D eigenvalue weighted by Gasteiger charge is 2.13. The summed E-state index contributed by atoms with van der Waals surface area (Å²) in [5, 5.41) is 5.21. The van der Waals surface area contributed by atoms with Crippen molar-refractivity contribution in [1.82, 2.24) is 19.6 Å². The molecule has 4 rings (SSSR count). The minimum absolute atomic E-state index is 0.302. The van der Waals surface area contributed by atoms with Crippen molar-refractivity contribution in [2.45, 2.75) is 6.92 Å². The van der Waals surface area contributed by atoms with Crippen LogP contribution in [0.4, 0.5) is 0 Å². The Bertz CT molecular complexity index is 1090. The van der Waals surface area contributed by atoms with Crippen LogP contribution in [0.25, 0.3) is 27.9 Å². The third kappa shape index (κ3) is 2.07. The lowest BCUT2D eigenvalue weighted by Gasteiger charge is -2.01. The molecule has 0 aliphatic rings. The number of aromatic nitrogens is 4. The molecule has 0 amide bonds. The predicted octanol–water partition coefficient (Wildman–Crippen LogP) is 2.55. The molecule has 0 aliphatic heterocycles. The average Bonchev–Trinajstić information content (AvgIpc) is 3.02. The molecule has 0 saturated heterocycles. The maximum absolute atomic E-state index is 12.3. The van der Waals surface area contributed by atoms with Gasteiger partial charge in [-0.15, -0.1) is 5.10 Å². The van der Waals surface area contributed by atoms with Crippen LogP contribution in [0.5, 0.6) is 5.75 Å². The van der Waals surface area contributed by atoms with E-state index in [9.17, 15) is 4.79 Å². The third-order valence-electron chi connectivity index (χ3n) is 3.87. The number of para-hydroxylation sites is 1. The molecule has 0 atom stereocenters. The highest BCUT2D eigenvalue weighted by atomic mass is 16.5. The second-order valence-corrected chi connectivity index (χ2v) is 5.33. The van der Waals surface area contributed by atoms with Crippen molar-refractivity contribution >= 4 is 16.6 Å². The fraction of sp³-hybridized carbons (Fsp3) is 0.118. The first-order valence-corrected chi connectivity index (χ1v) is 7.20. The monoisotopic (exact) mass is 306 g/mol. The van der Waals surface area contributed by atoms with Crippen molar-refractivity contribution in [3.8, 4) is 17.1 Å². The maximum Gasteiger partial charge on any atom is 0.348 e. The number of rotatable bonds is 2. The molecule has 0 fully saturated rings. The summed E-state index contributed by atoms with van der Waals surface area (Å²) in [7, 11) is 1.61. The van der Waals surface area contributed by atoms with Crippen molar-refractivity contribution in [2.75, 3.05) is 7.11 Å². The van der Waals surface area contributed by atoms with Crippen molar-refractivity contribution in [1.29, 1.82) is 0 Å². The van der Waals surface area contributed by atoms with E-state index in [1.807, 2.05) is 49.4 Å². The highest BCUT2D eigenvalue weighted by Crippen LogP contribution is 2.24. The molecule has 0 saturated carbocycles. The van der Waals surface area contributed by atoms with E-state index in [1.54, 1.807) is 7.11 Å². The Balaban J connectivity index is 2.04. The fourth-order valence-electron chi connectivity index (χ4n) is 2.69. The van der Waals surface area contributed by atoms with Crippen LogP contribution in [0.3, 0.4) is 0 Å². The molecule has 0 radical (unpaired) electrons. The van der Waals surface area contributed by atoms with Gasteiger partial charge in [0.2, 0.25) is 0 Å². The molecule has 6 nitrogen and oxygen atoms in total. The number of aryl methyl sites for hydroxylation is 1. The lowest BCUT2D eigenvalue weighted by molar-refractivity contribution is 0.415. The van der Waals surface area contributed by atoms with Gasteiger partial charge in [-0.05, 0) is 30.7 Å². The Morgan fingerprint density at radius 2 is 2.00 bits per heavy atom. The van der Waals surface area contributed by atoms with Crippen LogP contribution >= 0.6 is 0 Å². The van der Waals surface area contributed by atoms with Gasteiger partial charge in [0.25, 0.3) is 0 Å². The van der Waals surface area contributed by atoms with Crippen molar-refractivity contribution in [2.24, 2.45) is 0 Å². The van der Waals surface area contributed by atoms with E-state index < -0.39 is 0 Å². The maximum atomic E-state index is 12.3. The summed E-state index contributed by atoms with van der Waals surface area (Å²) in [5.74, 6) is 1.21. The summed E-state index contributed by atoms with van der Waals surface area (Å²) in [4.78, 5) is 19.7. The van der Waals surface area contributed by atoms with Crippen molar-refractivity contribution < 1.29 is 4.74 Å². The zero-order chi connectivity index (χ0) is 16.0. The summed E-state index contributed by atoms with van der Waals surface area (Å²) in [5.41, 5.74) is 2.82. The van der Waals surface area contributed by atoms with Gasteiger partial charge in [-0.1, -0.05) is 24.3 Å². The highest BCUT2D eigenvalue weighted by molar-refractivity contribution is 5.93. The zero-order valence-electron chi connectivity index (χ0n) is 12.7. The summed E-state index contributed by atoms with van der Waals surface area (Å²) in [6.07, 6.45) is 0. The van der Waals surface area contributed by atoms with E-state index in [2.05, 4.69) is 15.1 Å². The van der Waals surface area contributed by atoms with Gasteiger partial charge in [-0.3, -0.25) is 0 Å². The molecule has 2 aromatic heterocycles. The van der Waals surface area contributed by atoms with Gasteiger partial charge >= 0.3 is 5.69 Å². The van der Waals surface area contributed by atoms with Gasteiger partial charge in [-0.2, -0.15) is 4.52 Å². The van der Waals surface area contributed by atoms with Crippen LogP contribution in [0, 0.1) is 6.92 Å². The van der Waals surface area contributed by atoms with Gasteiger partial charge in [0.1, 0.15) is 5.75 Å². The van der Waals surface area contributed by atoms with Crippen LogP contribution in [-0.4, -0.2) is 26.7 Å². The molecule has 0 aliphatic carbocycles. The minimum Gasteiger partial charge on any atom is -0.497 e. The molecule has 4 aromatic rings. The molecule has 0 unspecified atom stereocenters. The van der Waals surface area contributed by atoms with E-state index in [1.165, 1.54) is 4.52 Å². The molecular weight excluding hydrogens is 292 g/mol. The normalized spacial score (nSPS) is 11.2. The molecule has 1 N–H and O–H groups in total. The first-order valence-electron chi connectivity index (χ1n) is 7.20. The molecule has 0 bridgehead atoms. The van der Waals surface area contributed by atoms with Gasteiger partial charge in [-0.25, -0.2) is 9.78 Å². The summed E-state index contributed by atoms with van der Waals surface area (Å²) < 4.78 is 6.53. The molecule has 23 heavy (non-hydrogen) atoms. The zero-order valence-corrected chi connectivity index (χ0v) is 12.7. The lowest BCUT2D eigenvalue weighted by Crippen LogP contribution is -2.17. The predicted molar refractivity (Wildman–Crippen MR) is 87.8 cm³/mol. The van der Waals surface area contributed by atoms with Crippen LogP contribution < -0.4 is 10.4 Å². The van der Waals surface area contributed by atoms with Gasteiger partial charge < -0.3 is 9.72 Å². The van der Waals surface area contributed by atoms with Crippen LogP contribution in [0.15, 0.2) is 47.3 Å². The molecule has 6 heteroatoms. The minimum atomic E-state index is -0.302. The number of nitrogens with one attached hydrogen (secondary N) is 1. The topological polar surface area (TPSA) is 72.3 Å². The van der Waals surface area contributed by atoms with Gasteiger partial charge in [0.15, 0.2) is 11.5 Å². The van der Waals surface area contributed by atoms with Crippen molar-refractivity contribution in [3.05, 3.63) is 58.5 Å². The SMILES string of the molecule is COc1cccc(-c2nc3c4cccc(C)c4[nH]c(=O)n3n2)c1. The molecule has 0 spiro atoms. The fourth-order valence-corrected chi connectivity index (χ4v) is 2.69. The molecule has 2 aromatic carbocycles. The van der Waals surface area contributed by atoms with Crippen LogP contribution in [0.2, 0.25) is 0 Å². The van der Waals surface area contributed by atoms with E-state index >= 15 is 0 Å². The van der Waals surface area contributed by atoms with E-state index in [0.29, 0.717) is 11.5 Å². The summed E-state index contributed by atoms with van der Waals surface area (Å²) >= 11 is 0. The number of ether oxygens (including phenoxy) is 1. The number of H-pyrrole nitrogens is 1. The molecular formula is C17H14N4O2. The first-order chi connectivity index (χ1) is 11.2. The van der Waals surface area contributed by atoms with Gasteiger partial charge in [0, 0.05) is 10.9 Å². The average molecular weight is 306 g/mol. The molecule has 2 heterocycles. The standard InChI is InChI=1S/C17H14N4O2/c1-10-5-3-8-13-14(10)18-17(22)21-16(13)19-15(20-21)11-6-4-7-12(9-11)23-2/h3-9H,1-2H3,(H,18,22). The number of fused-ring (bicyclic) bond motifs is 3. The third-order valence-corrected chi connectivity index (χ3v) is 3.87. The van der Waals surface area contributed by atoms with Crippen LogP contribution in [0.1, 0.15) is 5.56 Å². The smallest absolute Gasteiger partial charge is 0.348 e. The van der Waals surface area contributed by atoms with E-state index in [-0.39, 0.29) is 5.69 Å². The van der Waals surface area contributed by atoms with Gasteiger partial charge in [0.05, 0.1) is 12.6 Å². The van der Waals surface area contributed by atoms with E-state index in [4.69, 9.17) is 4.74 Å².